The second-order valence-corrected chi connectivity index (χ2v) is 6.85. The summed E-state index contributed by atoms with van der Waals surface area (Å²) in [4.78, 5) is 12.1. The van der Waals surface area contributed by atoms with Crippen LogP contribution in [0.25, 0.3) is 5.69 Å². The van der Waals surface area contributed by atoms with E-state index >= 15 is 0 Å². The van der Waals surface area contributed by atoms with Crippen LogP contribution in [0.4, 0.5) is 0 Å². The van der Waals surface area contributed by atoms with E-state index < -0.39 is 5.97 Å². The van der Waals surface area contributed by atoms with E-state index in [9.17, 15) is 20.1 Å². The molecule has 0 aliphatic carbocycles. The van der Waals surface area contributed by atoms with Crippen LogP contribution in [0, 0.1) is 6.92 Å². The van der Waals surface area contributed by atoms with Crippen LogP contribution in [0.5, 0.6) is 11.8 Å². The fraction of sp³-hybridized carbons (Fsp3) is 0.0556. The van der Waals surface area contributed by atoms with Crippen molar-refractivity contribution in [2.75, 3.05) is 0 Å². The number of nitrogens with zero attached hydrogens (tertiary/aromatic N) is 1. The van der Waals surface area contributed by atoms with Gasteiger partial charge in [0.1, 0.15) is 0 Å². The molecule has 0 saturated heterocycles. The first-order chi connectivity index (χ1) is 11.9. The Morgan fingerprint density at radius 1 is 1.08 bits per heavy atom. The predicted octanol–water partition coefficient (Wildman–Crippen LogP) is 4.70. The summed E-state index contributed by atoms with van der Waals surface area (Å²) in [7, 11) is 0. The third-order valence-corrected chi connectivity index (χ3v) is 5.18. The van der Waals surface area contributed by atoms with Gasteiger partial charge in [0.05, 0.1) is 16.1 Å². The first-order valence-electron chi connectivity index (χ1n) is 7.29. The Bertz CT molecular complexity index is 968. The van der Waals surface area contributed by atoms with Gasteiger partial charge in [-0.05, 0) is 36.8 Å². The van der Waals surface area contributed by atoms with Crippen LogP contribution in [0.1, 0.15) is 15.9 Å². The number of carboxylic acid groups (broad SMARTS) is 1. The maximum atomic E-state index is 11.3. The number of aryl methyl sites for hydroxylation is 1. The molecule has 0 unspecified atom stereocenters. The van der Waals surface area contributed by atoms with Crippen LogP contribution in [0.2, 0.25) is 5.02 Å². The molecular weight excluding hydrogens is 362 g/mol. The predicted molar refractivity (Wildman–Crippen MR) is 96.4 cm³/mol. The number of benzene rings is 2. The Hall–Kier alpha value is -2.57. The van der Waals surface area contributed by atoms with Gasteiger partial charge in [0.15, 0.2) is 5.88 Å². The van der Waals surface area contributed by atoms with Crippen LogP contribution < -0.4 is 0 Å². The van der Waals surface area contributed by atoms with Gasteiger partial charge < -0.3 is 15.3 Å². The zero-order valence-electron chi connectivity index (χ0n) is 13.1. The van der Waals surface area contributed by atoms with Gasteiger partial charge in [-0.1, -0.05) is 41.6 Å². The Balaban J connectivity index is 2.03. The molecule has 0 spiro atoms. The van der Waals surface area contributed by atoms with Crippen molar-refractivity contribution in [1.82, 2.24) is 4.57 Å². The Morgan fingerprint density at radius 3 is 2.48 bits per heavy atom. The molecule has 0 aliphatic rings. The lowest BCUT2D eigenvalue weighted by molar-refractivity contribution is 0.0693. The lowest BCUT2D eigenvalue weighted by atomic mass is 10.2. The molecule has 5 nitrogen and oxygen atoms in total. The molecule has 0 fully saturated rings. The van der Waals surface area contributed by atoms with Crippen LogP contribution >= 0.6 is 23.4 Å². The summed E-state index contributed by atoms with van der Waals surface area (Å²) >= 11 is 7.18. The first-order valence-corrected chi connectivity index (χ1v) is 8.48. The molecular formula is C18H14ClNO4S. The molecule has 0 bridgehead atoms. The molecule has 1 aromatic heterocycles. The third kappa shape index (κ3) is 3.31. The molecule has 0 amide bonds. The second-order valence-electron chi connectivity index (χ2n) is 5.36. The average molecular weight is 376 g/mol. The van der Waals surface area contributed by atoms with Crippen molar-refractivity contribution < 1.29 is 20.1 Å². The molecule has 3 rings (SSSR count). The van der Waals surface area contributed by atoms with Gasteiger partial charge in [-0.2, -0.15) is 0 Å². The quantitative estimate of drug-likeness (QED) is 0.615. The van der Waals surface area contributed by atoms with E-state index in [1.165, 1.54) is 16.7 Å². The highest BCUT2D eigenvalue weighted by atomic mass is 35.5. The molecule has 25 heavy (non-hydrogen) atoms. The molecule has 3 aromatic rings. The zero-order chi connectivity index (χ0) is 18.1. The second kappa shape index (κ2) is 6.74. The van der Waals surface area contributed by atoms with Gasteiger partial charge in [0, 0.05) is 16.0 Å². The molecule has 0 atom stereocenters. The van der Waals surface area contributed by atoms with E-state index in [0.717, 1.165) is 17.3 Å². The van der Waals surface area contributed by atoms with Crippen LogP contribution in [-0.4, -0.2) is 25.9 Å². The number of aromatic nitrogens is 1. The fourth-order valence-electron chi connectivity index (χ4n) is 2.37. The van der Waals surface area contributed by atoms with Crippen LogP contribution in [0.3, 0.4) is 0 Å². The van der Waals surface area contributed by atoms with Crippen molar-refractivity contribution in [2.45, 2.75) is 16.7 Å². The van der Waals surface area contributed by atoms with Crippen molar-refractivity contribution in [2.24, 2.45) is 0 Å². The highest BCUT2D eigenvalue weighted by Gasteiger charge is 2.19. The summed E-state index contributed by atoms with van der Waals surface area (Å²) in [5.41, 5.74) is 1.50. The number of carboxylic acids is 1. The smallest absolute Gasteiger partial charge is 0.336 e. The monoisotopic (exact) mass is 375 g/mol. The van der Waals surface area contributed by atoms with E-state index in [2.05, 4.69) is 0 Å². The number of aromatic carboxylic acids is 1. The molecule has 0 saturated carbocycles. The molecule has 3 N–H and O–H groups in total. The maximum Gasteiger partial charge on any atom is 0.336 e. The van der Waals surface area contributed by atoms with Crippen molar-refractivity contribution in [3.63, 3.8) is 0 Å². The molecule has 1 heterocycles. The van der Waals surface area contributed by atoms with Gasteiger partial charge in [-0.25, -0.2) is 4.79 Å². The minimum Gasteiger partial charge on any atom is -0.494 e. The molecule has 2 aromatic carbocycles. The molecule has 0 radical (unpaired) electrons. The minimum atomic E-state index is -1.06. The number of hydrogen-bond donors (Lipinski definition) is 3. The molecule has 7 heteroatoms. The minimum absolute atomic E-state index is 0.123. The molecule has 128 valence electrons. The number of hydrogen-bond acceptors (Lipinski definition) is 4. The van der Waals surface area contributed by atoms with Gasteiger partial charge in [0.25, 0.3) is 0 Å². The van der Waals surface area contributed by atoms with Crippen LogP contribution in [0.15, 0.2) is 58.3 Å². The summed E-state index contributed by atoms with van der Waals surface area (Å²) in [5, 5.41) is 30.5. The van der Waals surface area contributed by atoms with Gasteiger partial charge in [-0.3, -0.25) is 4.57 Å². The van der Waals surface area contributed by atoms with E-state index in [-0.39, 0.29) is 17.3 Å². The fourth-order valence-corrected chi connectivity index (χ4v) is 3.54. The summed E-state index contributed by atoms with van der Waals surface area (Å²) in [5.74, 6) is -1.42. The lowest BCUT2D eigenvalue weighted by Crippen LogP contribution is -1.98. The van der Waals surface area contributed by atoms with Gasteiger partial charge >= 0.3 is 5.97 Å². The van der Waals surface area contributed by atoms with Crippen molar-refractivity contribution in [3.8, 4) is 17.4 Å². The topological polar surface area (TPSA) is 82.7 Å². The van der Waals surface area contributed by atoms with Crippen molar-refractivity contribution in [1.29, 1.82) is 0 Å². The van der Waals surface area contributed by atoms with Crippen molar-refractivity contribution >= 4 is 29.3 Å². The summed E-state index contributed by atoms with van der Waals surface area (Å²) in [6, 6.07) is 13.0. The summed E-state index contributed by atoms with van der Waals surface area (Å²) in [6.45, 7) is 1.85. The molecule has 0 aliphatic heterocycles. The largest absolute Gasteiger partial charge is 0.494 e. The number of carbonyl (C=O) groups is 1. The number of aromatic hydroxyl groups is 2. The Kier molecular flexibility index (Phi) is 4.65. The summed E-state index contributed by atoms with van der Waals surface area (Å²) in [6.07, 6.45) is 0. The zero-order valence-corrected chi connectivity index (χ0v) is 14.7. The standard InChI is InChI=1S/C18H14ClNO4S/c1-10-6-7-11(8-13(10)19)20-16(21)9-15(17(20)22)25-14-5-3-2-4-12(14)18(23)24/h2-9,21-22H,1H3,(H,23,24). The number of halogens is 1. The summed E-state index contributed by atoms with van der Waals surface area (Å²) < 4.78 is 1.25. The van der Waals surface area contributed by atoms with E-state index in [4.69, 9.17) is 11.6 Å². The highest BCUT2D eigenvalue weighted by molar-refractivity contribution is 7.99. The van der Waals surface area contributed by atoms with Crippen molar-refractivity contribution in [3.05, 3.63) is 64.7 Å². The SMILES string of the molecule is Cc1ccc(-n2c(O)cc(Sc3ccccc3C(=O)O)c2O)cc1Cl. The lowest BCUT2D eigenvalue weighted by Gasteiger charge is -2.09. The maximum absolute atomic E-state index is 11.3. The first kappa shape index (κ1) is 17.3. The van der Waals surface area contributed by atoms with Gasteiger partial charge in [0.2, 0.25) is 5.88 Å². The Labute approximate surface area is 153 Å². The van der Waals surface area contributed by atoms with E-state index in [1.807, 2.05) is 6.92 Å². The highest BCUT2D eigenvalue weighted by Crippen LogP contribution is 2.42. The average Bonchev–Trinajstić information content (AvgIpc) is 2.84. The normalized spacial score (nSPS) is 10.8. The van der Waals surface area contributed by atoms with Crippen LogP contribution in [-0.2, 0) is 0 Å². The third-order valence-electron chi connectivity index (χ3n) is 3.67. The number of rotatable bonds is 4. The van der Waals surface area contributed by atoms with E-state index in [0.29, 0.717) is 20.5 Å². The van der Waals surface area contributed by atoms with E-state index in [1.54, 1.807) is 36.4 Å². The Morgan fingerprint density at radius 2 is 1.80 bits per heavy atom. The van der Waals surface area contributed by atoms with Gasteiger partial charge in [-0.15, -0.1) is 0 Å².